The number of rotatable bonds is 0. The fraction of sp³-hybridized carbons (Fsp3) is 1.00. The lowest BCUT2D eigenvalue weighted by Crippen LogP contribution is -2.33. The van der Waals surface area contributed by atoms with Crippen molar-refractivity contribution < 1.29 is 19.4 Å². The molecule has 0 spiro atoms. The molecule has 3 fully saturated rings. The third-order valence-electron chi connectivity index (χ3n) is 3.03. The van der Waals surface area contributed by atoms with Crippen molar-refractivity contribution in [2.24, 2.45) is 0 Å². The van der Waals surface area contributed by atoms with E-state index in [0.717, 1.165) is 0 Å². The molecule has 0 aromatic carbocycles. The van der Waals surface area contributed by atoms with Gasteiger partial charge in [0.15, 0.2) is 12.1 Å². The molecule has 0 aromatic heterocycles. The maximum absolute atomic E-state index is 9.32. The van der Waals surface area contributed by atoms with Crippen LogP contribution in [0.15, 0.2) is 0 Å². The van der Waals surface area contributed by atoms with E-state index in [0.29, 0.717) is 13.0 Å². The summed E-state index contributed by atoms with van der Waals surface area (Å²) in [5.41, 5.74) is 0. The van der Waals surface area contributed by atoms with Crippen molar-refractivity contribution in [1.82, 2.24) is 5.06 Å². The highest BCUT2D eigenvalue weighted by Crippen LogP contribution is 2.40. The van der Waals surface area contributed by atoms with Gasteiger partial charge in [-0.3, -0.25) is 4.84 Å². The normalized spacial score (nSPS) is 50.8. The smallest absolute Gasteiger partial charge is 0.176 e. The zero-order valence-corrected chi connectivity index (χ0v) is 8.34. The third-order valence-corrected chi connectivity index (χ3v) is 3.03. The van der Waals surface area contributed by atoms with Gasteiger partial charge in [-0.15, -0.1) is 0 Å². The van der Waals surface area contributed by atoms with Crippen LogP contribution in [0.1, 0.15) is 20.3 Å². The molecule has 80 valence electrons. The number of ether oxygens (including phenoxy) is 2. The molecular formula is C9H15NO4. The van der Waals surface area contributed by atoms with Gasteiger partial charge in [0, 0.05) is 6.42 Å². The van der Waals surface area contributed by atoms with Gasteiger partial charge in [0.1, 0.15) is 12.2 Å². The fourth-order valence-corrected chi connectivity index (χ4v) is 2.59. The van der Waals surface area contributed by atoms with Gasteiger partial charge in [0.25, 0.3) is 0 Å². The molecule has 0 unspecified atom stereocenters. The molecule has 3 aliphatic rings. The van der Waals surface area contributed by atoms with Crippen LogP contribution in [-0.2, 0) is 14.3 Å². The van der Waals surface area contributed by atoms with Gasteiger partial charge in [-0.2, -0.15) is 5.06 Å². The number of hydrogen-bond acceptors (Lipinski definition) is 5. The van der Waals surface area contributed by atoms with Gasteiger partial charge >= 0.3 is 0 Å². The minimum absolute atomic E-state index is 0.0437. The highest BCUT2D eigenvalue weighted by molar-refractivity contribution is 4.99. The van der Waals surface area contributed by atoms with Gasteiger partial charge in [-0.1, -0.05) is 0 Å². The van der Waals surface area contributed by atoms with E-state index >= 15 is 0 Å². The van der Waals surface area contributed by atoms with E-state index in [1.807, 2.05) is 13.8 Å². The number of aliphatic hydroxyl groups is 1. The Balaban J connectivity index is 1.78. The molecule has 4 atom stereocenters. The van der Waals surface area contributed by atoms with Crippen LogP contribution in [0.4, 0.5) is 0 Å². The van der Waals surface area contributed by atoms with Crippen LogP contribution in [0.5, 0.6) is 0 Å². The molecule has 0 saturated carbocycles. The maximum atomic E-state index is 9.32. The lowest BCUT2D eigenvalue weighted by molar-refractivity contribution is -0.235. The van der Waals surface area contributed by atoms with Crippen LogP contribution in [0.25, 0.3) is 0 Å². The Labute approximate surface area is 82.5 Å². The predicted octanol–water partition coefficient (Wildman–Crippen LogP) is -0.156. The zero-order valence-electron chi connectivity index (χ0n) is 8.34. The highest BCUT2D eigenvalue weighted by Gasteiger charge is 2.56. The summed E-state index contributed by atoms with van der Waals surface area (Å²) in [4.78, 5) is 5.22. The lowest BCUT2D eigenvalue weighted by Gasteiger charge is -2.22. The van der Waals surface area contributed by atoms with Gasteiger partial charge in [-0.25, -0.2) is 0 Å². The van der Waals surface area contributed by atoms with E-state index in [2.05, 4.69) is 0 Å². The summed E-state index contributed by atoms with van der Waals surface area (Å²) in [6, 6.07) is 0.150. The molecule has 14 heavy (non-hydrogen) atoms. The molecule has 0 radical (unpaired) electrons. The summed E-state index contributed by atoms with van der Waals surface area (Å²) in [5.74, 6) is -0.491. The maximum Gasteiger partial charge on any atom is 0.176 e. The second-order valence-corrected chi connectivity index (χ2v) is 4.60. The first-order valence-corrected chi connectivity index (χ1v) is 5.02. The van der Waals surface area contributed by atoms with E-state index in [-0.39, 0.29) is 18.2 Å². The molecule has 0 bridgehead atoms. The first kappa shape index (κ1) is 9.06. The summed E-state index contributed by atoms with van der Waals surface area (Å²) < 4.78 is 11.5. The van der Waals surface area contributed by atoms with Gasteiger partial charge in [0.05, 0.1) is 12.6 Å². The van der Waals surface area contributed by atoms with Crippen LogP contribution in [0.3, 0.4) is 0 Å². The van der Waals surface area contributed by atoms with E-state index in [9.17, 15) is 5.11 Å². The largest absolute Gasteiger partial charge is 0.366 e. The first-order chi connectivity index (χ1) is 6.55. The van der Waals surface area contributed by atoms with Crippen molar-refractivity contribution in [2.75, 3.05) is 6.54 Å². The number of hydroxylamine groups is 2. The van der Waals surface area contributed by atoms with E-state index in [1.165, 1.54) is 0 Å². The van der Waals surface area contributed by atoms with E-state index in [4.69, 9.17) is 14.3 Å². The van der Waals surface area contributed by atoms with Crippen molar-refractivity contribution in [3.63, 3.8) is 0 Å². The van der Waals surface area contributed by atoms with Crippen LogP contribution < -0.4 is 0 Å². The summed E-state index contributed by atoms with van der Waals surface area (Å²) in [6.07, 6.45) is 0.0681. The Morgan fingerprint density at radius 2 is 2.14 bits per heavy atom. The van der Waals surface area contributed by atoms with Crippen LogP contribution >= 0.6 is 0 Å². The van der Waals surface area contributed by atoms with Crippen molar-refractivity contribution in [3.05, 3.63) is 0 Å². The summed E-state index contributed by atoms with van der Waals surface area (Å²) >= 11 is 0. The van der Waals surface area contributed by atoms with Crippen molar-refractivity contribution in [1.29, 1.82) is 0 Å². The molecule has 0 aromatic rings. The second-order valence-electron chi connectivity index (χ2n) is 4.60. The second kappa shape index (κ2) is 2.68. The number of aliphatic hydroxyl groups excluding tert-OH is 1. The van der Waals surface area contributed by atoms with Crippen molar-refractivity contribution in [3.8, 4) is 0 Å². The van der Waals surface area contributed by atoms with E-state index < -0.39 is 12.1 Å². The number of hydrogen-bond donors (Lipinski definition) is 1. The van der Waals surface area contributed by atoms with E-state index in [1.54, 1.807) is 5.06 Å². The summed E-state index contributed by atoms with van der Waals surface area (Å²) in [7, 11) is 0. The molecular weight excluding hydrogens is 186 g/mol. The van der Waals surface area contributed by atoms with Gasteiger partial charge in [0.2, 0.25) is 0 Å². The Bertz CT molecular complexity index is 257. The van der Waals surface area contributed by atoms with Crippen molar-refractivity contribution >= 4 is 0 Å². The molecule has 1 N–H and O–H groups in total. The highest BCUT2D eigenvalue weighted by atomic mass is 16.8. The molecule has 3 aliphatic heterocycles. The fourth-order valence-electron chi connectivity index (χ4n) is 2.59. The van der Waals surface area contributed by atoms with Gasteiger partial charge < -0.3 is 14.6 Å². The molecule has 5 heteroatoms. The van der Waals surface area contributed by atoms with Crippen molar-refractivity contribution in [2.45, 2.75) is 50.6 Å². The SMILES string of the molecule is CC1(C)O[C@@H]2[C@@H](CN3O[C@@H](O)C[C@@H]23)O1. The van der Waals surface area contributed by atoms with Crippen LogP contribution in [0.2, 0.25) is 0 Å². The topological polar surface area (TPSA) is 51.2 Å². The Kier molecular flexibility index (Phi) is 1.73. The van der Waals surface area contributed by atoms with Crippen LogP contribution in [-0.4, -0.2) is 47.0 Å². The molecule has 3 saturated heterocycles. The number of nitrogens with zero attached hydrogens (tertiary/aromatic N) is 1. The minimum atomic E-state index is -0.673. The molecule has 5 nitrogen and oxygen atoms in total. The molecule has 3 heterocycles. The standard InChI is InChI=1S/C9H15NO4/c1-9(2)12-6-4-10-5(8(6)13-9)3-7(11)14-10/h5-8,11H,3-4H2,1-2H3/t5-,6+,7+,8-/m0/s1. The monoisotopic (exact) mass is 201 g/mol. The molecule has 3 rings (SSSR count). The Morgan fingerprint density at radius 1 is 1.36 bits per heavy atom. The quantitative estimate of drug-likeness (QED) is 0.590. The van der Waals surface area contributed by atoms with Crippen LogP contribution in [0, 0.1) is 0 Å². The Morgan fingerprint density at radius 3 is 2.93 bits per heavy atom. The third kappa shape index (κ3) is 1.20. The molecule has 0 amide bonds. The lowest BCUT2D eigenvalue weighted by atomic mass is 10.1. The summed E-state index contributed by atoms with van der Waals surface area (Å²) in [5, 5.41) is 11.1. The Hall–Kier alpha value is -0.200. The predicted molar refractivity (Wildman–Crippen MR) is 46.0 cm³/mol. The van der Waals surface area contributed by atoms with Gasteiger partial charge in [-0.05, 0) is 13.8 Å². The zero-order chi connectivity index (χ0) is 9.92. The minimum Gasteiger partial charge on any atom is -0.366 e. The summed E-state index contributed by atoms with van der Waals surface area (Å²) in [6.45, 7) is 4.53. The average molecular weight is 201 g/mol. The first-order valence-electron chi connectivity index (χ1n) is 5.02. The number of fused-ring (bicyclic) bond motifs is 3. The molecule has 0 aliphatic carbocycles. The average Bonchev–Trinajstić information content (AvgIpc) is 2.58.